The first-order valence-corrected chi connectivity index (χ1v) is 7.81. The normalized spacial score (nSPS) is 14.0. The predicted octanol–water partition coefficient (Wildman–Crippen LogP) is 4.65. The second-order valence-electron chi connectivity index (χ2n) is 5.26. The van der Waals surface area contributed by atoms with E-state index < -0.39 is 12.6 Å². The number of carbonyl (C=O) groups is 1. The lowest BCUT2D eigenvalue weighted by atomic mass is 10.0. The third kappa shape index (κ3) is 3.21. The average molecular weight is 358 g/mol. The Bertz CT molecular complexity index is 759. The second-order valence-corrected chi connectivity index (χ2v) is 5.66. The topological polar surface area (TPSA) is 61.6 Å². The zero-order valence-electron chi connectivity index (χ0n) is 12.7. The highest BCUT2D eigenvalue weighted by Gasteiger charge is 2.37. The number of hydrogen-bond donors (Lipinski definition) is 0. The van der Waals surface area contributed by atoms with Gasteiger partial charge in [-0.3, -0.25) is 0 Å². The van der Waals surface area contributed by atoms with Gasteiger partial charge in [-0.2, -0.15) is 8.78 Å². The lowest BCUT2D eigenvalue weighted by Gasteiger charge is -2.11. The molecule has 1 heterocycles. The maximum atomic E-state index is 12.7. The van der Waals surface area contributed by atoms with Gasteiger partial charge < -0.3 is 14.0 Å². The Labute approximate surface area is 141 Å². The average Bonchev–Trinajstić information content (AvgIpc) is 3.27. The zero-order chi connectivity index (χ0) is 17.3. The van der Waals surface area contributed by atoms with Gasteiger partial charge in [0.1, 0.15) is 17.0 Å². The minimum atomic E-state index is -3.04. The summed E-state index contributed by atoms with van der Waals surface area (Å²) in [6.45, 7) is -1.21. The number of ether oxygens (including phenoxy) is 2. The fourth-order valence-corrected chi connectivity index (χ4v) is 2.68. The molecule has 1 aromatic heterocycles. The van der Waals surface area contributed by atoms with Crippen molar-refractivity contribution in [3.63, 3.8) is 0 Å². The van der Waals surface area contributed by atoms with E-state index in [1.165, 1.54) is 18.2 Å². The third-order valence-corrected chi connectivity index (χ3v) is 3.89. The van der Waals surface area contributed by atoms with Crippen LogP contribution in [0.15, 0.2) is 22.7 Å². The monoisotopic (exact) mass is 357 g/mol. The van der Waals surface area contributed by atoms with Gasteiger partial charge in [0.2, 0.25) is 0 Å². The van der Waals surface area contributed by atoms with Crippen LogP contribution in [0, 0.1) is 0 Å². The molecular weight excluding hydrogens is 344 g/mol. The van der Waals surface area contributed by atoms with Gasteiger partial charge in [0.05, 0.1) is 17.2 Å². The van der Waals surface area contributed by atoms with Crippen molar-refractivity contribution in [2.45, 2.75) is 32.3 Å². The highest BCUT2D eigenvalue weighted by Crippen LogP contribution is 2.46. The molecule has 0 unspecified atom stereocenters. The minimum absolute atomic E-state index is 0.0524. The SMILES string of the molecule is CCOC(=O)c1c(-c2c(Cl)cccc2OC(F)F)noc1C1CC1. The smallest absolute Gasteiger partial charge is 0.387 e. The molecule has 5 nitrogen and oxygen atoms in total. The van der Waals surface area contributed by atoms with Gasteiger partial charge in [0, 0.05) is 5.92 Å². The standard InChI is InChI=1S/C16H14ClF2NO4/c1-2-22-15(21)12-13(20-24-14(12)8-6-7-8)11-9(17)4-3-5-10(11)23-16(18)19/h3-5,8,16H,2,6-7H2,1H3. The van der Waals surface area contributed by atoms with E-state index in [-0.39, 0.29) is 40.1 Å². The van der Waals surface area contributed by atoms with Gasteiger partial charge in [-0.1, -0.05) is 22.8 Å². The maximum absolute atomic E-state index is 12.7. The van der Waals surface area contributed by atoms with Crippen LogP contribution >= 0.6 is 11.6 Å². The van der Waals surface area contributed by atoms with E-state index in [2.05, 4.69) is 9.89 Å². The van der Waals surface area contributed by atoms with Crippen LogP contribution < -0.4 is 4.74 Å². The fourth-order valence-electron chi connectivity index (χ4n) is 2.43. The molecule has 0 aliphatic heterocycles. The first-order valence-electron chi connectivity index (χ1n) is 7.43. The van der Waals surface area contributed by atoms with E-state index in [1.807, 2.05) is 0 Å². The Morgan fingerprint density at radius 1 is 1.46 bits per heavy atom. The lowest BCUT2D eigenvalue weighted by molar-refractivity contribution is -0.0494. The summed E-state index contributed by atoms with van der Waals surface area (Å²) in [6.07, 6.45) is 1.73. The number of halogens is 3. The predicted molar refractivity (Wildman–Crippen MR) is 81.5 cm³/mol. The Balaban J connectivity index is 2.14. The van der Waals surface area contributed by atoms with Gasteiger partial charge in [-0.25, -0.2) is 4.79 Å². The van der Waals surface area contributed by atoms with Crippen molar-refractivity contribution in [1.82, 2.24) is 5.16 Å². The van der Waals surface area contributed by atoms with E-state index in [0.717, 1.165) is 12.8 Å². The van der Waals surface area contributed by atoms with Gasteiger partial charge >= 0.3 is 12.6 Å². The summed E-state index contributed by atoms with van der Waals surface area (Å²) in [6, 6.07) is 4.29. The van der Waals surface area contributed by atoms with Crippen LogP contribution in [-0.2, 0) is 4.74 Å². The van der Waals surface area contributed by atoms with Crippen LogP contribution in [0.1, 0.15) is 41.8 Å². The molecule has 0 saturated heterocycles. The van der Waals surface area contributed by atoms with Crippen molar-refractivity contribution in [3.05, 3.63) is 34.5 Å². The Morgan fingerprint density at radius 3 is 2.83 bits per heavy atom. The summed E-state index contributed by atoms with van der Waals surface area (Å²) >= 11 is 6.15. The van der Waals surface area contributed by atoms with Crippen LogP contribution in [0.5, 0.6) is 5.75 Å². The Morgan fingerprint density at radius 2 is 2.21 bits per heavy atom. The van der Waals surface area contributed by atoms with E-state index in [9.17, 15) is 13.6 Å². The fraction of sp³-hybridized carbons (Fsp3) is 0.375. The molecular formula is C16H14ClF2NO4. The van der Waals surface area contributed by atoms with E-state index >= 15 is 0 Å². The lowest BCUT2D eigenvalue weighted by Crippen LogP contribution is -2.09. The van der Waals surface area contributed by atoms with Crippen LogP contribution in [0.4, 0.5) is 8.78 Å². The largest absolute Gasteiger partial charge is 0.462 e. The minimum Gasteiger partial charge on any atom is -0.462 e. The molecule has 128 valence electrons. The third-order valence-electron chi connectivity index (χ3n) is 3.57. The molecule has 0 atom stereocenters. The molecule has 2 aromatic rings. The molecule has 1 aliphatic carbocycles. The molecule has 1 saturated carbocycles. The van der Waals surface area contributed by atoms with Gasteiger partial charge in [0.15, 0.2) is 5.76 Å². The van der Waals surface area contributed by atoms with Crippen molar-refractivity contribution in [2.75, 3.05) is 6.61 Å². The first kappa shape index (κ1) is 16.7. The summed E-state index contributed by atoms with van der Waals surface area (Å²) in [5.41, 5.74) is 0.251. The van der Waals surface area contributed by atoms with Crippen molar-refractivity contribution < 1.29 is 27.6 Å². The highest BCUT2D eigenvalue weighted by atomic mass is 35.5. The quantitative estimate of drug-likeness (QED) is 0.704. The summed E-state index contributed by atoms with van der Waals surface area (Å²) in [5, 5.41) is 4.01. The molecule has 0 amide bonds. The number of nitrogens with zero attached hydrogens (tertiary/aromatic N) is 1. The number of aromatic nitrogens is 1. The molecule has 0 spiro atoms. The van der Waals surface area contributed by atoms with E-state index in [0.29, 0.717) is 5.76 Å². The highest BCUT2D eigenvalue weighted by molar-refractivity contribution is 6.33. The summed E-state index contributed by atoms with van der Waals surface area (Å²) < 4.78 is 40.2. The van der Waals surface area contributed by atoms with Crippen LogP contribution in [-0.4, -0.2) is 24.3 Å². The van der Waals surface area contributed by atoms with Gasteiger partial charge in [-0.05, 0) is 31.9 Å². The molecule has 1 aromatic carbocycles. The Hall–Kier alpha value is -2.15. The first-order chi connectivity index (χ1) is 11.5. The number of hydrogen-bond acceptors (Lipinski definition) is 5. The number of benzene rings is 1. The number of carbonyl (C=O) groups excluding carboxylic acids is 1. The summed E-state index contributed by atoms with van der Waals surface area (Å²) in [7, 11) is 0. The molecule has 1 aliphatic rings. The summed E-state index contributed by atoms with van der Waals surface area (Å²) in [5.74, 6) is -0.337. The molecule has 24 heavy (non-hydrogen) atoms. The second kappa shape index (κ2) is 6.76. The van der Waals surface area contributed by atoms with Crippen molar-refractivity contribution in [2.24, 2.45) is 0 Å². The van der Waals surface area contributed by atoms with Crippen molar-refractivity contribution >= 4 is 17.6 Å². The van der Waals surface area contributed by atoms with Gasteiger partial charge in [0.25, 0.3) is 0 Å². The molecule has 0 radical (unpaired) electrons. The van der Waals surface area contributed by atoms with Crippen molar-refractivity contribution in [3.8, 4) is 17.0 Å². The van der Waals surface area contributed by atoms with E-state index in [4.69, 9.17) is 20.9 Å². The molecule has 1 fully saturated rings. The number of alkyl halides is 2. The summed E-state index contributed by atoms with van der Waals surface area (Å²) in [4.78, 5) is 12.3. The molecule has 0 bridgehead atoms. The van der Waals surface area contributed by atoms with Crippen LogP contribution in [0.3, 0.4) is 0 Å². The Kier molecular flexibility index (Phi) is 4.71. The van der Waals surface area contributed by atoms with Crippen LogP contribution in [0.25, 0.3) is 11.3 Å². The molecule has 8 heteroatoms. The number of rotatable bonds is 6. The molecule has 3 rings (SSSR count). The van der Waals surface area contributed by atoms with Crippen LogP contribution in [0.2, 0.25) is 5.02 Å². The van der Waals surface area contributed by atoms with E-state index in [1.54, 1.807) is 6.92 Å². The number of esters is 1. The van der Waals surface area contributed by atoms with Gasteiger partial charge in [-0.15, -0.1) is 0 Å². The molecule has 0 N–H and O–H groups in total. The maximum Gasteiger partial charge on any atom is 0.387 e. The van der Waals surface area contributed by atoms with Crippen molar-refractivity contribution in [1.29, 1.82) is 0 Å². The zero-order valence-corrected chi connectivity index (χ0v) is 13.5.